The average molecular weight is 254 g/mol. The summed E-state index contributed by atoms with van der Waals surface area (Å²) in [5.74, 6) is 1.29. The Morgan fingerprint density at radius 3 is 3.00 bits per heavy atom. The van der Waals surface area contributed by atoms with E-state index in [4.69, 9.17) is 4.42 Å². The molecule has 1 aromatic heterocycles. The summed E-state index contributed by atoms with van der Waals surface area (Å²) < 4.78 is 5.91. The Hall–Kier alpha value is -1.83. The molecule has 3 rings (SSSR count). The van der Waals surface area contributed by atoms with Crippen molar-refractivity contribution in [1.29, 1.82) is 0 Å². The van der Waals surface area contributed by atoms with Crippen LogP contribution in [0.5, 0.6) is 0 Å². The molecular formula is C17H18O2. The number of aryl methyl sites for hydroxylation is 2. The van der Waals surface area contributed by atoms with E-state index in [1.54, 1.807) is 6.08 Å². The van der Waals surface area contributed by atoms with Gasteiger partial charge in [0.1, 0.15) is 11.3 Å². The number of fused-ring (bicyclic) bond motifs is 3. The molecule has 98 valence electrons. The Labute approximate surface area is 113 Å². The van der Waals surface area contributed by atoms with Crippen LogP contribution in [0, 0.1) is 0 Å². The maximum Gasteiger partial charge on any atom is 0.163 e. The standard InChI is InChI=1S/C17H18O2/c1-2-3-7-15(18)12-9-10-14-13-6-4-5-8-16(13)19-17(14)11-12/h2,9-11H,1,3-8H2. The number of rotatable bonds is 4. The molecule has 0 radical (unpaired) electrons. The number of Topliss-reactive ketones (excluding diaryl/α,β-unsaturated/α-hetero) is 1. The molecule has 1 aliphatic rings. The van der Waals surface area contributed by atoms with E-state index in [-0.39, 0.29) is 5.78 Å². The average Bonchev–Trinajstić information content (AvgIpc) is 2.82. The van der Waals surface area contributed by atoms with Crippen LogP contribution in [-0.2, 0) is 12.8 Å². The molecule has 0 amide bonds. The highest BCUT2D eigenvalue weighted by Crippen LogP contribution is 2.32. The first-order valence-electron chi connectivity index (χ1n) is 6.98. The molecule has 1 aliphatic carbocycles. The summed E-state index contributed by atoms with van der Waals surface area (Å²) in [6.07, 6.45) is 7.61. The van der Waals surface area contributed by atoms with Crippen molar-refractivity contribution in [3.8, 4) is 0 Å². The molecule has 2 heteroatoms. The highest BCUT2D eigenvalue weighted by molar-refractivity contribution is 5.99. The van der Waals surface area contributed by atoms with E-state index in [9.17, 15) is 4.79 Å². The first kappa shape index (κ1) is 12.2. The molecule has 1 aromatic carbocycles. The topological polar surface area (TPSA) is 30.2 Å². The number of allylic oxidation sites excluding steroid dienone is 1. The molecule has 0 saturated heterocycles. The number of hydrogen-bond acceptors (Lipinski definition) is 2. The minimum atomic E-state index is 0.163. The van der Waals surface area contributed by atoms with Crippen molar-refractivity contribution in [1.82, 2.24) is 0 Å². The van der Waals surface area contributed by atoms with Gasteiger partial charge < -0.3 is 4.42 Å². The zero-order chi connectivity index (χ0) is 13.2. The van der Waals surface area contributed by atoms with Gasteiger partial charge in [0.25, 0.3) is 0 Å². The first-order chi connectivity index (χ1) is 9.29. The fraction of sp³-hybridized carbons (Fsp3) is 0.353. The third kappa shape index (κ3) is 2.23. The monoisotopic (exact) mass is 254 g/mol. The van der Waals surface area contributed by atoms with Gasteiger partial charge in [0, 0.05) is 29.4 Å². The molecule has 0 spiro atoms. The molecule has 2 nitrogen and oxygen atoms in total. The van der Waals surface area contributed by atoms with Gasteiger partial charge in [-0.1, -0.05) is 18.2 Å². The maximum absolute atomic E-state index is 12.0. The van der Waals surface area contributed by atoms with Crippen LogP contribution in [0.4, 0.5) is 0 Å². The Bertz CT molecular complexity index is 634. The second-order valence-corrected chi connectivity index (χ2v) is 5.17. The van der Waals surface area contributed by atoms with Gasteiger partial charge in [0.15, 0.2) is 5.78 Å². The van der Waals surface area contributed by atoms with Crippen LogP contribution in [0.15, 0.2) is 35.3 Å². The quantitative estimate of drug-likeness (QED) is 0.595. The van der Waals surface area contributed by atoms with Gasteiger partial charge in [-0.05, 0) is 31.7 Å². The van der Waals surface area contributed by atoms with Gasteiger partial charge in [0.2, 0.25) is 0 Å². The highest BCUT2D eigenvalue weighted by Gasteiger charge is 2.18. The fourth-order valence-electron chi connectivity index (χ4n) is 2.81. The van der Waals surface area contributed by atoms with Crippen LogP contribution in [0.25, 0.3) is 11.0 Å². The minimum Gasteiger partial charge on any atom is -0.461 e. The lowest BCUT2D eigenvalue weighted by Gasteiger charge is -2.08. The number of carbonyl (C=O) groups excluding carboxylic acids is 1. The molecule has 0 unspecified atom stereocenters. The fourth-order valence-corrected chi connectivity index (χ4v) is 2.81. The van der Waals surface area contributed by atoms with Crippen LogP contribution in [0.2, 0.25) is 0 Å². The Morgan fingerprint density at radius 2 is 2.16 bits per heavy atom. The lowest BCUT2D eigenvalue weighted by molar-refractivity contribution is 0.0983. The molecule has 0 fully saturated rings. The predicted molar refractivity (Wildman–Crippen MR) is 76.6 cm³/mol. The molecule has 0 atom stereocenters. The van der Waals surface area contributed by atoms with Crippen LogP contribution < -0.4 is 0 Å². The molecule has 0 saturated carbocycles. The van der Waals surface area contributed by atoms with Crippen LogP contribution >= 0.6 is 0 Å². The smallest absolute Gasteiger partial charge is 0.163 e. The molecule has 1 heterocycles. The largest absolute Gasteiger partial charge is 0.461 e. The number of benzene rings is 1. The first-order valence-corrected chi connectivity index (χ1v) is 6.98. The lowest BCUT2D eigenvalue weighted by Crippen LogP contribution is -1.99. The normalized spacial score (nSPS) is 14.3. The van der Waals surface area contributed by atoms with Gasteiger partial charge in [-0.2, -0.15) is 0 Å². The maximum atomic E-state index is 12.0. The molecular weight excluding hydrogens is 236 g/mol. The van der Waals surface area contributed by atoms with E-state index in [1.807, 2.05) is 18.2 Å². The second-order valence-electron chi connectivity index (χ2n) is 5.17. The summed E-state index contributed by atoms with van der Waals surface area (Å²) in [7, 11) is 0. The van der Waals surface area contributed by atoms with Crippen LogP contribution in [0.3, 0.4) is 0 Å². The molecule has 2 aromatic rings. The Balaban J connectivity index is 1.97. The van der Waals surface area contributed by atoms with Gasteiger partial charge in [-0.15, -0.1) is 6.58 Å². The summed E-state index contributed by atoms with van der Waals surface area (Å²) in [6, 6.07) is 5.88. The van der Waals surface area contributed by atoms with E-state index in [1.165, 1.54) is 23.8 Å². The third-order valence-corrected chi connectivity index (χ3v) is 3.85. The van der Waals surface area contributed by atoms with E-state index < -0.39 is 0 Å². The summed E-state index contributed by atoms with van der Waals surface area (Å²) in [5.41, 5.74) is 2.98. The van der Waals surface area contributed by atoms with E-state index in [0.717, 1.165) is 36.2 Å². The van der Waals surface area contributed by atoms with Crippen molar-refractivity contribution in [2.45, 2.75) is 38.5 Å². The molecule has 0 N–H and O–H groups in total. The number of carbonyl (C=O) groups is 1. The number of furan rings is 1. The zero-order valence-corrected chi connectivity index (χ0v) is 11.1. The van der Waals surface area contributed by atoms with E-state index in [2.05, 4.69) is 6.58 Å². The lowest BCUT2D eigenvalue weighted by atomic mass is 9.95. The van der Waals surface area contributed by atoms with Crippen molar-refractivity contribution in [3.05, 3.63) is 47.7 Å². The van der Waals surface area contributed by atoms with Gasteiger partial charge >= 0.3 is 0 Å². The van der Waals surface area contributed by atoms with Crippen molar-refractivity contribution in [2.75, 3.05) is 0 Å². The van der Waals surface area contributed by atoms with E-state index in [0.29, 0.717) is 6.42 Å². The summed E-state index contributed by atoms with van der Waals surface area (Å²) in [4.78, 5) is 12.0. The van der Waals surface area contributed by atoms with Gasteiger partial charge in [-0.3, -0.25) is 4.79 Å². The Kier molecular flexibility index (Phi) is 3.24. The molecule has 0 bridgehead atoms. The zero-order valence-electron chi connectivity index (χ0n) is 11.1. The summed E-state index contributed by atoms with van der Waals surface area (Å²) in [6.45, 7) is 3.65. The van der Waals surface area contributed by atoms with Crippen LogP contribution in [0.1, 0.15) is 47.4 Å². The predicted octanol–water partition coefficient (Wildman–Crippen LogP) is 4.46. The highest BCUT2D eigenvalue weighted by atomic mass is 16.3. The minimum absolute atomic E-state index is 0.163. The third-order valence-electron chi connectivity index (χ3n) is 3.85. The van der Waals surface area contributed by atoms with Crippen molar-refractivity contribution in [3.63, 3.8) is 0 Å². The Morgan fingerprint density at radius 1 is 1.32 bits per heavy atom. The van der Waals surface area contributed by atoms with Gasteiger partial charge in [0.05, 0.1) is 0 Å². The van der Waals surface area contributed by atoms with Crippen molar-refractivity contribution in [2.24, 2.45) is 0 Å². The summed E-state index contributed by atoms with van der Waals surface area (Å²) in [5, 5.41) is 1.19. The molecule has 19 heavy (non-hydrogen) atoms. The SMILES string of the molecule is C=CCCC(=O)c1ccc2c3c(oc2c1)CCCC3. The van der Waals surface area contributed by atoms with Crippen LogP contribution in [-0.4, -0.2) is 5.78 Å². The second kappa shape index (κ2) is 5.04. The molecule has 0 aliphatic heterocycles. The number of ketones is 1. The number of hydrogen-bond donors (Lipinski definition) is 0. The summed E-state index contributed by atoms with van der Waals surface area (Å²) >= 11 is 0. The van der Waals surface area contributed by atoms with Gasteiger partial charge in [-0.25, -0.2) is 0 Å². The van der Waals surface area contributed by atoms with E-state index >= 15 is 0 Å². The van der Waals surface area contributed by atoms with Crippen molar-refractivity contribution >= 4 is 16.8 Å². The van der Waals surface area contributed by atoms with Crippen molar-refractivity contribution < 1.29 is 9.21 Å².